The van der Waals surface area contributed by atoms with Crippen molar-refractivity contribution in [1.29, 1.82) is 5.26 Å². The third kappa shape index (κ3) is 3.01. The maximum Gasteiger partial charge on any atom is 0.225 e. The molecule has 134 valence electrons. The van der Waals surface area contributed by atoms with Crippen molar-refractivity contribution in [1.82, 2.24) is 9.88 Å². The van der Waals surface area contributed by atoms with Gasteiger partial charge in [-0.05, 0) is 37.8 Å². The Labute approximate surface area is 154 Å². The van der Waals surface area contributed by atoms with Gasteiger partial charge < -0.3 is 9.80 Å². The zero-order chi connectivity index (χ0) is 18.1. The molecule has 2 aliphatic rings. The van der Waals surface area contributed by atoms with Crippen LogP contribution in [-0.4, -0.2) is 42.0 Å². The smallest absolute Gasteiger partial charge is 0.225 e. The fourth-order valence-corrected chi connectivity index (χ4v) is 4.02. The summed E-state index contributed by atoms with van der Waals surface area (Å²) < 4.78 is 0. The molecule has 2 aromatic rings. The number of amides is 1. The van der Waals surface area contributed by atoms with E-state index in [1.165, 1.54) is 6.42 Å². The van der Waals surface area contributed by atoms with Crippen molar-refractivity contribution < 1.29 is 4.79 Å². The van der Waals surface area contributed by atoms with Crippen LogP contribution in [0.2, 0.25) is 0 Å². The maximum absolute atomic E-state index is 12.6. The van der Waals surface area contributed by atoms with Crippen LogP contribution in [0.4, 0.5) is 5.82 Å². The average Bonchev–Trinajstić information content (AvgIpc) is 2.65. The minimum atomic E-state index is 0.218. The number of rotatable bonds is 3. The van der Waals surface area contributed by atoms with Crippen molar-refractivity contribution in [3.8, 4) is 6.07 Å². The van der Waals surface area contributed by atoms with Gasteiger partial charge in [0.05, 0.1) is 17.1 Å². The highest BCUT2D eigenvalue weighted by Crippen LogP contribution is 2.30. The number of nitrogens with zero attached hydrogens (tertiary/aromatic N) is 4. The molecule has 4 rings (SSSR count). The first-order chi connectivity index (χ1) is 12.7. The number of anilines is 1. The summed E-state index contributed by atoms with van der Waals surface area (Å²) in [5.74, 6) is 1.38. The third-order valence-electron chi connectivity index (χ3n) is 5.89. The highest BCUT2D eigenvalue weighted by Gasteiger charge is 2.33. The number of piperidine rings is 1. The molecule has 2 heterocycles. The minimum absolute atomic E-state index is 0.218. The predicted octanol–water partition coefficient (Wildman–Crippen LogP) is 3.33. The van der Waals surface area contributed by atoms with E-state index in [0.29, 0.717) is 11.5 Å². The van der Waals surface area contributed by atoms with Crippen LogP contribution < -0.4 is 4.90 Å². The standard InChI is InChI=1S/C21H24N4O/c1-24(21(26)15-6-4-7-15)17-8-5-11-25(14-17)20-12-16(13-22)18-9-2-3-10-19(18)23-20/h2-3,9-10,12,15,17H,4-8,11,14H2,1H3. The van der Waals surface area contributed by atoms with Gasteiger partial charge in [-0.3, -0.25) is 4.79 Å². The van der Waals surface area contributed by atoms with Crippen LogP contribution >= 0.6 is 0 Å². The fraction of sp³-hybridized carbons (Fsp3) is 0.476. The maximum atomic E-state index is 12.6. The number of likely N-dealkylation sites (N-methyl/N-ethyl adjacent to an activating group) is 1. The Balaban J connectivity index is 1.57. The van der Waals surface area contributed by atoms with E-state index in [1.54, 1.807) is 0 Å². The number of hydrogen-bond donors (Lipinski definition) is 0. The molecule has 0 N–H and O–H groups in total. The number of aromatic nitrogens is 1. The largest absolute Gasteiger partial charge is 0.354 e. The molecule has 0 spiro atoms. The van der Waals surface area contributed by atoms with Gasteiger partial charge in [0.25, 0.3) is 0 Å². The van der Waals surface area contributed by atoms with Gasteiger partial charge in [-0.1, -0.05) is 24.6 Å². The van der Waals surface area contributed by atoms with Crippen LogP contribution in [0.15, 0.2) is 30.3 Å². The van der Waals surface area contributed by atoms with Crippen LogP contribution in [0.3, 0.4) is 0 Å². The van der Waals surface area contributed by atoms with Gasteiger partial charge in [0.1, 0.15) is 5.82 Å². The van der Waals surface area contributed by atoms with Crippen molar-refractivity contribution in [3.63, 3.8) is 0 Å². The van der Waals surface area contributed by atoms with E-state index in [9.17, 15) is 10.1 Å². The predicted molar refractivity (Wildman–Crippen MR) is 102 cm³/mol. The molecule has 2 fully saturated rings. The summed E-state index contributed by atoms with van der Waals surface area (Å²) in [6.07, 6.45) is 5.32. The monoisotopic (exact) mass is 348 g/mol. The molecule has 5 heteroatoms. The molecular formula is C21H24N4O. The van der Waals surface area contributed by atoms with Crippen molar-refractivity contribution >= 4 is 22.6 Å². The lowest BCUT2D eigenvalue weighted by molar-refractivity contribution is -0.139. The fourth-order valence-electron chi connectivity index (χ4n) is 4.02. The summed E-state index contributed by atoms with van der Waals surface area (Å²) in [6, 6.07) is 12.2. The molecule has 1 saturated heterocycles. The van der Waals surface area contributed by atoms with Crippen LogP contribution in [0.25, 0.3) is 10.9 Å². The molecule has 1 unspecified atom stereocenters. The SMILES string of the molecule is CN(C(=O)C1CCC1)C1CCCN(c2cc(C#N)c3ccccc3n2)C1. The highest BCUT2D eigenvalue weighted by atomic mass is 16.2. The highest BCUT2D eigenvalue weighted by molar-refractivity contribution is 5.86. The number of carbonyl (C=O) groups excluding carboxylic acids is 1. The Morgan fingerprint density at radius 1 is 1.27 bits per heavy atom. The van der Waals surface area contributed by atoms with Crippen molar-refractivity contribution in [3.05, 3.63) is 35.9 Å². The number of fused-ring (bicyclic) bond motifs is 1. The molecule has 1 amide bonds. The second-order valence-electron chi connectivity index (χ2n) is 7.48. The van der Waals surface area contributed by atoms with E-state index >= 15 is 0 Å². The number of para-hydroxylation sites is 1. The quantitative estimate of drug-likeness (QED) is 0.853. The topological polar surface area (TPSA) is 60.2 Å². The Kier molecular flexibility index (Phi) is 4.50. The van der Waals surface area contributed by atoms with Crippen LogP contribution in [-0.2, 0) is 4.79 Å². The van der Waals surface area contributed by atoms with Gasteiger partial charge >= 0.3 is 0 Å². The Morgan fingerprint density at radius 2 is 2.08 bits per heavy atom. The zero-order valence-electron chi connectivity index (χ0n) is 15.2. The molecule has 1 atom stereocenters. The molecule has 26 heavy (non-hydrogen) atoms. The Bertz CT molecular complexity index is 868. The first-order valence-electron chi connectivity index (χ1n) is 9.49. The van der Waals surface area contributed by atoms with Gasteiger partial charge in [0.2, 0.25) is 5.91 Å². The molecule has 1 saturated carbocycles. The molecule has 0 radical (unpaired) electrons. The van der Waals surface area contributed by atoms with E-state index < -0.39 is 0 Å². The van der Waals surface area contributed by atoms with Crippen LogP contribution in [0.5, 0.6) is 0 Å². The van der Waals surface area contributed by atoms with Gasteiger partial charge in [0.15, 0.2) is 0 Å². The number of carbonyl (C=O) groups is 1. The second-order valence-corrected chi connectivity index (χ2v) is 7.48. The second kappa shape index (κ2) is 6.95. The molecule has 1 aromatic carbocycles. The molecule has 1 aromatic heterocycles. The van der Waals surface area contributed by atoms with Crippen molar-refractivity contribution in [2.75, 3.05) is 25.0 Å². The normalized spacial score (nSPS) is 20.5. The number of nitriles is 1. The van der Waals surface area contributed by atoms with Gasteiger partial charge in [-0.25, -0.2) is 4.98 Å². The molecule has 5 nitrogen and oxygen atoms in total. The first-order valence-corrected chi connectivity index (χ1v) is 9.49. The summed E-state index contributed by atoms with van der Waals surface area (Å²) in [5.41, 5.74) is 1.51. The van der Waals surface area contributed by atoms with Gasteiger partial charge in [-0.2, -0.15) is 5.26 Å². The molecule has 0 bridgehead atoms. The third-order valence-corrected chi connectivity index (χ3v) is 5.89. The average molecular weight is 348 g/mol. The Hall–Kier alpha value is -2.61. The van der Waals surface area contributed by atoms with Crippen LogP contribution in [0.1, 0.15) is 37.7 Å². The van der Waals surface area contributed by atoms with E-state index in [4.69, 9.17) is 4.98 Å². The van der Waals surface area contributed by atoms with E-state index in [1.807, 2.05) is 42.3 Å². The van der Waals surface area contributed by atoms with E-state index in [-0.39, 0.29) is 12.0 Å². The summed E-state index contributed by atoms with van der Waals surface area (Å²) in [4.78, 5) is 21.6. The minimum Gasteiger partial charge on any atom is -0.354 e. The lowest BCUT2D eigenvalue weighted by Crippen LogP contribution is -2.51. The molecule has 1 aliphatic carbocycles. The summed E-state index contributed by atoms with van der Waals surface area (Å²) in [6.45, 7) is 1.70. The molecular weight excluding hydrogens is 324 g/mol. The number of pyridine rings is 1. The Morgan fingerprint density at radius 3 is 2.81 bits per heavy atom. The van der Waals surface area contributed by atoms with Crippen molar-refractivity contribution in [2.45, 2.75) is 38.1 Å². The van der Waals surface area contributed by atoms with Crippen LogP contribution in [0, 0.1) is 17.2 Å². The zero-order valence-corrected chi connectivity index (χ0v) is 15.2. The number of benzene rings is 1. The van der Waals surface area contributed by atoms with Gasteiger partial charge in [0, 0.05) is 37.5 Å². The first kappa shape index (κ1) is 16.8. The summed E-state index contributed by atoms with van der Waals surface area (Å²) in [7, 11) is 1.95. The van der Waals surface area contributed by atoms with E-state index in [0.717, 1.165) is 55.5 Å². The summed E-state index contributed by atoms with van der Waals surface area (Å²) in [5, 5.41) is 10.4. The lowest BCUT2D eigenvalue weighted by atomic mass is 9.84. The number of hydrogen-bond acceptors (Lipinski definition) is 4. The van der Waals surface area contributed by atoms with E-state index in [2.05, 4.69) is 11.0 Å². The summed E-state index contributed by atoms with van der Waals surface area (Å²) >= 11 is 0. The van der Waals surface area contributed by atoms with Crippen molar-refractivity contribution in [2.24, 2.45) is 5.92 Å². The lowest BCUT2D eigenvalue weighted by Gasteiger charge is -2.40. The molecule has 1 aliphatic heterocycles. The van der Waals surface area contributed by atoms with Gasteiger partial charge in [-0.15, -0.1) is 0 Å².